The first kappa shape index (κ1) is 21.7. The average Bonchev–Trinajstić information content (AvgIpc) is 3.18. The SMILES string of the molecule is Cc1cc(/C=C2\SC(=Nc3ccc(Br)c(Cl)c3)NC2=O)c(C)n1-c1ccc(I)cc1. The van der Waals surface area contributed by atoms with Crippen LogP contribution in [0.1, 0.15) is 17.0 Å². The molecule has 0 atom stereocenters. The van der Waals surface area contributed by atoms with Crippen LogP contribution in [-0.2, 0) is 4.79 Å². The maximum Gasteiger partial charge on any atom is 0.264 e. The van der Waals surface area contributed by atoms with Crippen molar-refractivity contribution < 1.29 is 4.79 Å². The van der Waals surface area contributed by atoms with Gasteiger partial charge in [-0.1, -0.05) is 11.6 Å². The second-order valence-electron chi connectivity index (χ2n) is 6.72. The molecule has 8 heteroatoms. The highest BCUT2D eigenvalue weighted by Gasteiger charge is 2.24. The van der Waals surface area contributed by atoms with Crippen molar-refractivity contribution in [1.82, 2.24) is 9.88 Å². The molecule has 0 spiro atoms. The molecule has 0 aliphatic carbocycles. The van der Waals surface area contributed by atoms with E-state index in [4.69, 9.17) is 11.6 Å². The van der Waals surface area contributed by atoms with E-state index >= 15 is 0 Å². The van der Waals surface area contributed by atoms with Crippen LogP contribution in [0.15, 0.2) is 62.9 Å². The van der Waals surface area contributed by atoms with Crippen molar-refractivity contribution in [3.05, 3.63) is 83.5 Å². The number of halogens is 3. The first-order valence-electron chi connectivity index (χ1n) is 9.01. The molecule has 152 valence electrons. The lowest BCUT2D eigenvalue weighted by atomic mass is 10.2. The zero-order valence-electron chi connectivity index (χ0n) is 16.0. The Labute approximate surface area is 206 Å². The number of nitrogens with one attached hydrogen (secondary N) is 1. The van der Waals surface area contributed by atoms with Crippen LogP contribution in [0, 0.1) is 17.4 Å². The molecule has 0 radical (unpaired) electrons. The molecule has 2 aromatic carbocycles. The summed E-state index contributed by atoms with van der Waals surface area (Å²) in [4.78, 5) is 17.6. The number of amidine groups is 1. The van der Waals surface area contributed by atoms with Crippen molar-refractivity contribution in [2.24, 2.45) is 4.99 Å². The number of thioether (sulfide) groups is 1. The fraction of sp³-hybridized carbons (Fsp3) is 0.0909. The lowest BCUT2D eigenvalue weighted by Gasteiger charge is -2.09. The van der Waals surface area contributed by atoms with E-state index in [1.807, 2.05) is 18.2 Å². The van der Waals surface area contributed by atoms with Crippen molar-refractivity contribution in [3.63, 3.8) is 0 Å². The van der Waals surface area contributed by atoms with Crippen molar-refractivity contribution in [2.75, 3.05) is 0 Å². The average molecular weight is 613 g/mol. The van der Waals surface area contributed by atoms with Gasteiger partial charge in [-0.2, -0.15) is 0 Å². The number of rotatable bonds is 3. The lowest BCUT2D eigenvalue weighted by molar-refractivity contribution is -0.115. The molecule has 2 heterocycles. The molecule has 0 unspecified atom stereocenters. The fourth-order valence-corrected chi connectivity index (χ4v) is 4.83. The van der Waals surface area contributed by atoms with Gasteiger partial charge in [-0.3, -0.25) is 4.79 Å². The maximum atomic E-state index is 12.5. The molecule has 1 N–H and O–H groups in total. The number of aromatic nitrogens is 1. The largest absolute Gasteiger partial charge is 0.318 e. The van der Waals surface area contributed by atoms with Crippen LogP contribution in [0.4, 0.5) is 5.69 Å². The highest BCUT2D eigenvalue weighted by Crippen LogP contribution is 2.32. The summed E-state index contributed by atoms with van der Waals surface area (Å²) in [5, 5.41) is 3.94. The summed E-state index contributed by atoms with van der Waals surface area (Å²) >= 11 is 13.1. The predicted octanol–water partition coefficient (Wildman–Crippen LogP) is 7.01. The molecule has 1 saturated heterocycles. The number of nitrogens with zero attached hydrogens (tertiary/aromatic N) is 2. The summed E-state index contributed by atoms with van der Waals surface area (Å²) in [6.45, 7) is 4.13. The molecule has 1 aliphatic rings. The summed E-state index contributed by atoms with van der Waals surface area (Å²) in [6.07, 6.45) is 1.92. The number of benzene rings is 2. The third-order valence-electron chi connectivity index (χ3n) is 4.63. The first-order chi connectivity index (χ1) is 14.3. The number of carbonyl (C=O) groups is 1. The number of hydrogen-bond donors (Lipinski definition) is 1. The molecule has 0 saturated carbocycles. The predicted molar refractivity (Wildman–Crippen MR) is 138 cm³/mol. The number of hydrogen-bond acceptors (Lipinski definition) is 3. The Morgan fingerprint density at radius 1 is 1.17 bits per heavy atom. The van der Waals surface area contributed by atoms with Gasteiger partial charge in [0.05, 0.1) is 15.6 Å². The Bertz CT molecular complexity index is 1220. The summed E-state index contributed by atoms with van der Waals surface area (Å²) in [5.41, 5.74) is 5.00. The van der Waals surface area contributed by atoms with Crippen LogP contribution in [0.3, 0.4) is 0 Å². The van der Waals surface area contributed by atoms with Crippen molar-refractivity contribution in [3.8, 4) is 5.69 Å². The van der Waals surface area contributed by atoms with Crippen LogP contribution >= 0.6 is 61.9 Å². The maximum absolute atomic E-state index is 12.5. The van der Waals surface area contributed by atoms with Gasteiger partial charge in [0.25, 0.3) is 5.91 Å². The number of aliphatic imine (C=N–C) groups is 1. The first-order valence-corrected chi connectivity index (χ1v) is 12.1. The van der Waals surface area contributed by atoms with Gasteiger partial charge in [-0.15, -0.1) is 0 Å². The molecule has 1 aromatic heterocycles. The smallest absolute Gasteiger partial charge is 0.264 e. The minimum atomic E-state index is -0.152. The topological polar surface area (TPSA) is 46.4 Å². The van der Waals surface area contributed by atoms with Gasteiger partial charge in [0.1, 0.15) is 0 Å². The summed E-state index contributed by atoms with van der Waals surface area (Å²) in [7, 11) is 0. The van der Waals surface area contributed by atoms with Gasteiger partial charge in [0.2, 0.25) is 0 Å². The van der Waals surface area contributed by atoms with Gasteiger partial charge in [-0.05, 0) is 124 Å². The zero-order chi connectivity index (χ0) is 21.4. The zero-order valence-corrected chi connectivity index (χ0v) is 21.4. The molecule has 30 heavy (non-hydrogen) atoms. The van der Waals surface area contributed by atoms with Crippen LogP contribution in [0.5, 0.6) is 0 Å². The van der Waals surface area contributed by atoms with Crippen molar-refractivity contribution in [2.45, 2.75) is 13.8 Å². The van der Waals surface area contributed by atoms with Gasteiger partial charge in [0, 0.05) is 25.1 Å². The second kappa shape index (κ2) is 8.90. The van der Waals surface area contributed by atoms with Gasteiger partial charge in [0.15, 0.2) is 5.17 Å². The normalized spacial score (nSPS) is 16.5. The molecule has 4 nitrogen and oxygen atoms in total. The monoisotopic (exact) mass is 611 g/mol. The number of aryl methyl sites for hydroxylation is 1. The molecular weight excluding hydrogens is 597 g/mol. The Kier molecular flexibility index (Phi) is 6.43. The van der Waals surface area contributed by atoms with Crippen molar-refractivity contribution >= 4 is 84.7 Å². The van der Waals surface area contributed by atoms with E-state index in [1.165, 1.54) is 15.3 Å². The minimum absolute atomic E-state index is 0.152. The highest BCUT2D eigenvalue weighted by atomic mass is 127. The third-order valence-corrected chi connectivity index (χ3v) is 7.49. The quantitative estimate of drug-likeness (QED) is 0.256. The Balaban J connectivity index is 1.63. The van der Waals surface area contributed by atoms with Gasteiger partial charge >= 0.3 is 0 Å². The van der Waals surface area contributed by atoms with Crippen LogP contribution < -0.4 is 5.32 Å². The van der Waals surface area contributed by atoms with E-state index in [1.54, 1.807) is 6.07 Å². The Morgan fingerprint density at radius 2 is 1.90 bits per heavy atom. The number of carbonyl (C=O) groups excluding carboxylic acids is 1. The highest BCUT2D eigenvalue weighted by molar-refractivity contribution is 14.1. The van der Waals surface area contributed by atoms with Gasteiger partial charge < -0.3 is 9.88 Å². The van der Waals surface area contributed by atoms with E-state index in [-0.39, 0.29) is 5.91 Å². The standard InChI is InChI=1S/C22H16BrClIN3OS/c1-12-9-14(13(2)28(12)17-6-3-15(25)4-7-17)10-20-21(29)27-22(30-20)26-16-5-8-18(23)19(24)11-16/h3-11H,1-2H3,(H,26,27,29)/b20-10-. The number of amides is 1. The molecular formula is C22H16BrClIN3OS. The van der Waals surface area contributed by atoms with E-state index in [2.05, 4.69) is 97.6 Å². The molecule has 1 amide bonds. The van der Waals surface area contributed by atoms with Crippen LogP contribution in [0.25, 0.3) is 11.8 Å². The third kappa shape index (κ3) is 4.54. The van der Waals surface area contributed by atoms with Crippen LogP contribution in [0.2, 0.25) is 5.02 Å². The molecule has 3 aromatic rings. The van der Waals surface area contributed by atoms with Crippen LogP contribution in [-0.4, -0.2) is 15.6 Å². The lowest BCUT2D eigenvalue weighted by Crippen LogP contribution is -2.19. The molecule has 1 fully saturated rings. The summed E-state index contributed by atoms with van der Waals surface area (Å²) in [6, 6.07) is 15.9. The Morgan fingerprint density at radius 3 is 2.60 bits per heavy atom. The van der Waals surface area contributed by atoms with Gasteiger partial charge in [-0.25, -0.2) is 4.99 Å². The molecule has 0 bridgehead atoms. The van der Waals surface area contributed by atoms with E-state index in [9.17, 15) is 4.79 Å². The van der Waals surface area contributed by atoms with E-state index in [0.29, 0.717) is 20.8 Å². The minimum Gasteiger partial charge on any atom is -0.318 e. The summed E-state index contributed by atoms with van der Waals surface area (Å²) < 4.78 is 4.19. The van der Waals surface area contributed by atoms with E-state index < -0.39 is 0 Å². The summed E-state index contributed by atoms with van der Waals surface area (Å²) in [5.74, 6) is -0.152. The second-order valence-corrected chi connectivity index (χ2v) is 10.3. The van der Waals surface area contributed by atoms with Crippen molar-refractivity contribution in [1.29, 1.82) is 0 Å². The molecule has 1 aliphatic heterocycles. The van der Waals surface area contributed by atoms with E-state index in [0.717, 1.165) is 27.1 Å². The Hall–Kier alpha value is -1.55. The fourth-order valence-electron chi connectivity index (χ4n) is 3.21. The molecule has 4 rings (SSSR count).